The van der Waals surface area contributed by atoms with Crippen LogP contribution in [0.4, 0.5) is 11.4 Å². The van der Waals surface area contributed by atoms with Gasteiger partial charge in [0, 0.05) is 17.3 Å². The van der Waals surface area contributed by atoms with Crippen molar-refractivity contribution in [2.75, 3.05) is 4.90 Å². The molecule has 38 heavy (non-hydrogen) atoms. The topological polar surface area (TPSA) is 56.6 Å². The van der Waals surface area contributed by atoms with Gasteiger partial charge in [-0.25, -0.2) is 0 Å². The monoisotopic (exact) mass is 516 g/mol. The third kappa shape index (κ3) is 6.34. The van der Waals surface area contributed by atoms with Gasteiger partial charge in [0.1, 0.15) is 11.5 Å². The van der Waals surface area contributed by atoms with Crippen LogP contribution in [0.1, 0.15) is 111 Å². The summed E-state index contributed by atoms with van der Waals surface area (Å²) < 4.78 is 0. The molecule has 0 saturated heterocycles. The number of nitrogens with zero attached hydrogens (tertiary/aromatic N) is 2. The van der Waals surface area contributed by atoms with E-state index in [4.69, 9.17) is 0 Å². The lowest BCUT2D eigenvalue weighted by molar-refractivity contribution is 0.440. The summed E-state index contributed by atoms with van der Waals surface area (Å²) in [6.07, 6.45) is 1.78. The molecule has 0 bridgehead atoms. The van der Waals surface area contributed by atoms with Gasteiger partial charge in [0.2, 0.25) is 0 Å². The highest BCUT2D eigenvalue weighted by Gasteiger charge is 2.31. The highest BCUT2D eigenvalue weighted by atomic mass is 16.3. The van der Waals surface area contributed by atoms with Crippen LogP contribution < -0.4 is 4.90 Å². The second-order valence-electron chi connectivity index (χ2n) is 14.7. The van der Waals surface area contributed by atoms with Crippen molar-refractivity contribution in [2.45, 2.75) is 111 Å². The van der Waals surface area contributed by atoms with Crippen molar-refractivity contribution in [3.8, 4) is 11.5 Å². The van der Waals surface area contributed by atoms with E-state index in [9.17, 15) is 10.2 Å². The summed E-state index contributed by atoms with van der Waals surface area (Å²) in [7, 11) is 0. The summed E-state index contributed by atoms with van der Waals surface area (Å²) in [5.74, 6) is 0.471. The zero-order chi connectivity index (χ0) is 28.8. The molecule has 0 fully saturated rings. The number of hydrogen-bond acceptors (Lipinski definition) is 4. The molecule has 0 aliphatic carbocycles. The molecule has 0 aliphatic heterocycles. The molecule has 2 aromatic carbocycles. The van der Waals surface area contributed by atoms with E-state index >= 15 is 0 Å². The highest BCUT2D eigenvalue weighted by Crippen LogP contribution is 2.49. The molecule has 0 amide bonds. The second-order valence-corrected chi connectivity index (χ2v) is 14.7. The molecule has 2 N–H and O–H groups in total. The number of phenolic OH excluding ortho intramolecular Hbond substituents is 2. The third-order valence-corrected chi connectivity index (χ3v) is 7.16. The van der Waals surface area contributed by atoms with Gasteiger partial charge in [-0.3, -0.25) is 4.98 Å². The first kappa shape index (κ1) is 29.5. The maximum atomic E-state index is 11.8. The maximum Gasteiger partial charge on any atom is 0.142 e. The van der Waals surface area contributed by atoms with Gasteiger partial charge < -0.3 is 15.1 Å². The predicted octanol–water partition coefficient (Wildman–Crippen LogP) is 9.02. The molecule has 4 heteroatoms. The first-order chi connectivity index (χ1) is 17.2. The van der Waals surface area contributed by atoms with Crippen molar-refractivity contribution in [3.63, 3.8) is 0 Å². The van der Waals surface area contributed by atoms with Gasteiger partial charge in [-0.15, -0.1) is 0 Å². The van der Waals surface area contributed by atoms with Gasteiger partial charge in [-0.2, -0.15) is 0 Å². The fourth-order valence-corrected chi connectivity index (χ4v) is 4.61. The van der Waals surface area contributed by atoms with Crippen molar-refractivity contribution in [2.24, 2.45) is 0 Å². The molecule has 4 nitrogen and oxygen atoms in total. The van der Waals surface area contributed by atoms with E-state index in [0.717, 1.165) is 27.9 Å². The van der Waals surface area contributed by atoms with E-state index in [1.54, 1.807) is 6.20 Å². The zero-order valence-electron chi connectivity index (χ0n) is 25.6. The van der Waals surface area contributed by atoms with Crippen LogP contribution in [0.2, 0.25) is 0 Å². The Kier molecular flexibility index (Phi) is 7.73. The maximum absolute atomic E-state index is 11.8. The van der Waals surface area contributed by atoms with Crippen molar-refractivity contribution in [1.29, 1.82) is 0 Å². The van der Waals surface area contributed by atoms with Crippen LogP contribution >= 0.6 is 0 Å². The van der Waals surface area contributed by atoms with Crippen LogP contribution in [0.15, 0.2) is 48.7 Å². The summed E-state index contributed by atoms with van der Waals surface area (Å²) in [6, 6.07) is 14.3. The summed E-state index contributed by atoms with van der Waals surface area (Å²) in [5, 5.41) is 23.7. The fraction of sp³-hybridized carbons (Fsp3) is 0.500. The van der Waals surface area contributed by atoms with Gasteiger partial charge in [0.25, 0.3) is 0 Å². The lowest BCUT2D eigenvalue weighted by Crippen LogP contribution is -2.24. The predicted molar refractivity (Wildman–Crippen MR) is 161 cm³/mol. The minimum Gasteiger partial charge on any atom is -0.505 e. The molecular formula is C34H48N2O2. The SMILES string of the molecule is CC(C)(C)c1cc(N(Cc2ccccn2)c2cc(C(C)(C)C)cc(C(C)(C)C)c2O)c(O)c(C(C)(C)C)c1. The number of hydrogen-bond donors (Lipinski definition) is 2. The highest BCUT2D eigenvalue weighted by molar-refractivity contribution is 5.78. The van der Waals surface area contributed by atoms with Crippen LogP contribution in [0.3, 0.4) is 0 Å². The molecule has 0 atom stereocenters. The lowest BCUT2D eigenvalue weighted by Gasteiger charge is -2.34. The average molecular weight is 517 g/mol. The van der Waals surface area contributed by atoms with E-state index in [-0.39, 0.29) is 33.2 Å². The van der Waals surface area contributed by atoms with E-state index in [1.807, 2.05) is 23.1 Å². The van der Waals surface area contributed by atoms with Crippen molar-refractivity contribution in [3.05, 3.63) is 76.6 Å². The minimum atomic E-state index is -0.275. The standard InChI is InChI=1S/C34H48N2O2/c1-31(2,3)22-17-25(33(7,8)9)29(37)27(19-22)36(21-24-15-13-14-16-35-24)28-20-23(32(4,5)6)18-26(30(28)38)34(10,11)12/h13-20,37-38H,21H2,1-12H3. The first-order valence-corrected chi connectivity index (χ1v) is 13.6. The normalized spacial score (nSPS) is 13.1. The number of aromatic nitrogens is 1. The number of pyridine rings is 1. The van der Waals surface area contributed by atoms with E-state index in [0.29, 0.717) is 17.9 Å². The number of anilines is 2. The Bertz CT molecular complexity index is 1200. The van der Waals surface area contributed by atoms with Crippen LogP contribution in [0, 0.1) is 0 Å². The lowest BCUT2D eigenvalue weighted by atomic mass is 9.78. The zero-order valence-corrected chi connectivity index (χ0v) is 25.6. The number of rotatable bonds is 4. The fourth-order valence-electron chi connectivity index (χ4n) is 4.61. The summed E-state index contributed by atoms with van der Waals surface area (Å²) in [6.45, 7) is 26.3. The van der Waals surface area contributed by atoms with Gasteiger partial charge in [-0.05, 0) is 57.1 Å². The molecule has 3 aromatic rings. The van der Waals surface area contributed by atoms with Crippen molar-refractivity contribution in [1.82, 2.24) is 4.98 Å². The Hall–Kier alpha value is -3.01. The van der Waals surface area contributed by atoms with Crippen LogP contribution in [-0.4, -0.2) is 15.2 Å². The van der Waals surface area contributed by atoms with E-state index in [1.165, 1.54) is 0 Å². The molecule has 206 valence electrons. The Labute approximate surface area is 230 Å². The number of benzene rings is 2. The second kappa shape index (κ2) is 9.94. The minimum absolute atomic E-state index is 0.134. The molecule has 1 heterocycles. The number of aromatic hydroxyl groups is 2. The number of phenols is 2. The Morgan fingerprint density at radius 2 is 1.03 bits per heavy atom. The molecule has 0 saturated carbocycles. The smallest absolute Gasteiger partial charge is 0.142 e. The Morgan fingerprint density at radius 3 is 1.34 bits per heavy atom. The molecular weight excluding hydrogens is 468 g/mol. The van der Waals surface area contributed by atoms with Crippen molar-refractivity contribution < 1.29 is 10.2 Å². The van der Waals surface area contributed by atoms with Gasteiger partial charge in [0.05, 0.1) is 23.6 Å². The van der Waals surface area contributed by atoms with E-state index < -0.39 is 0 Å². The van der Waals surface area contributed by atoms with Crippen LogP contribution in [-0.2, 0) is 28.2 Å². The molecule has 0 aliphatic rings. The quantitative estimate of drug-likeness (QED) is 0.363. The average Bonchev–Trinajstić information content (AvgIpc) is 2.75. The van der Waals surface area contributed by atoms with Gasteiger partial charge in [0.15, 0.2) is 0 Å². The summed E-state index contributed by atoms with van der Waals surface area (Å²) >= 11 is 0. The summed E-state index contributed by atoms with van der Waals surface area (Å²) in [4.78, 5) is 6.65. The van der Waals surface area contributed by atoms with Gasteiger partial charge in [-0.1, -0.05) is 101 Å². The third-order valence-electron chi connectivity index (χ3n) is 7.16. The van der Waals surface area contributed by atoms with Gasteiger partial charge >= 0.3 is 0 Å². The van der Waals surface area contributed by atoms with Crippen LogP contribution in [0.5, 0.6) is 11.5 Å². The Balaban J connectivity index is 2.47. The molecule has 0 spiro atoms. The first-order valence-electron chi connectivity index (χ1n) is 13.6. The van der Waals surface area contributed by atoms with Crippen molar-refractivity contribution >= 4 is 11.4 Å². The summed E-state index contributed by atoms with van der Waals surface area (Å²) in [5.41, 5.74) is 5.41. The van der Waals surface area contributed by atoms with E-state index in [2.05, 4.69) is 112 Å². The largest absolute Gasteiger partial charge is 0.505 e. The van der Waals surface area contributed by atoms with Crippen LogP contribution in [0.25, 0.3) is 0 Å². The molecule has 0 radical (unpaired) electrons. The molecule has 3 rings (SSSR count). The molecule has 1 aromatic heterocycles. The molecule has 0 unspecified atom stereocenters. The Morgan fingerprint density at radius 1 is 0.605 bits per heavy atom.